The first-order valence-corrected chi connectivity index (χ1v) is 7.39. The van der Waals surface area contributed by atoms with Gasteiger partial charge in [-0.3, -0.25) is 0 Å². The van der Waals surface area contributed by atoms with E-state index in [4.69, 9.17) is 0 Å². The zero-order valence-corrected chi connectivity index (χ0v) is 12.6. The lowest BCUT2D eigenvalue weighted by Crippen LogP contribution is -2.09. The molecule has 0 bridgehead atoms. The van der Waals surface area contributed by atoms with Gasteiger partial charge < -0.3 is 0 Å². The first kappa shape index (κ1) is 14.6. The van der Waals surface area contributed by atoms with E-state index in [0.717, 1.165) is 19.3 Å². The van der Waals surface area contributed by atoms with Gasteiger partial charge in [-0.05, 0) is 41.4 Å². The van der Waals surface area contributed by atoms with E-state index < -0.39 is 0 Å². The van der Waals surface area contributed by atoms with Gasteiger partial charge in [0.25, 0.3) is 0 Å². The Kier molecular flexibility index (Phi) is 4.79. The van der Waals surface area contributed by atoms with Crippen molar-refractivity contribution < 1.29 is 0 Å². The average molecular weight is 264 g/mol. The second-order valence-electron chi connectivity index (χ2n) is 6.04. The highest BCUT2D eigenvalue weighted by Crippen LogP contribution is 2.34. The van der Waals surface area contributed by atoms with E-state index >= 15 is 0 Å². The minimum Gasteiger partial charge on any atom is -0.103 e. The number of hydrogen-bond acceptors (Lipinski definition) is 0. The van der Waals surface area contributed by atoms with Gasteiger partial charge in [0.1, 0.15) is 0 Å². The quantitative estimate of drug-likeness (QED) is 0.455. The molecular weight excluding hydrogens is 240 g/mol. The lowest BCUT2D eigenvalue weighted by molar-refractivity contribution is 0.483. The van der Waals surface area contributed by atoms with Crippen molar-refractivity contribution in [3.05, 3.63) is 78.4 Å². The maximum absolute atomic E-state index is 3.80. The summed E-state index contributed by atoms with van der Waals surface area (Å²) in [6.45, 7) is 8.36. The van der Waals surface area contributed by atoms with Crippen molar-refractivity contribution in [2.24, 2.45) is 5.41 Å². The zero-order valence-electron chi connectivity index (χ0n) is 12.6. The summed E-state index contributed by atoms with van der Waals surface area (Å²) in [5, 5.41) is 0. The SMILES string of the molecule is C=CCCC=C(C1=CCC(C)(C)C=C1)c1ccccc1. The Labute approximate surface area is 123 Å². The minimum absolute atomic E-state index is 0.284. The van der Waals surface area contributed by atoms with Crippen LogP contribution < -0.4 is 0 Å². The monoisotopic (exact) mass is 264 g/mol. The molecule has 0 aromatic heterocycles. The van der Waals surface area contributed by atoms with E-state index in [0.29, 0.717) is 0 Å². The molecular formula is C20H24. The van der Waals surface area contributed by atoms with Crippen molar-refractivity contribution in [2.45, 2.75) is 33.1 Å². The molecule has 0 radical (unpaired) electrons. The number of allylic oxidation sites excluding steroid dienone is 7. The second-order valence-corrected chi connectivity index (χ2v) is 6.04. The molecule has 1 aliphatic rings. The molecule has 0 nitrogen and oxygen atoms in total. The van der Waals surface area contributed by atoms with Crippen molar-refractivity contribution in [3.8, 4) is 0 Å². The molecule has 0 amide bonds. The molecule has 0 heterocycles. The highest BCUT2D eigenvalue weighted by atomic mass is 14.2. The van der Waals surface area contributed by atoms with Gasteiger partial charge in [0.2, 0.25) is 0 Å². The van der Waals surface area contributed by atoms with Crippen molar-refractivity contribution in [1.29, 1.82) is 0 Å². The minimum atomic E-state index is 0.284. The largest absolute Gasteiger partial charge is 0.103 e. The fraction of sp³-hybridized carbons (Fsp3) is 0.300. The van der Waals surface area contributed by atoms with Gasteiger partial charge in [0.05, 0.1) is 0 Å². The predicted octanol–water partition coefficient (Wildman–Crippen LogP) is 5.95. The Morgan fingerprint density at radius 3 is 2.55 bits per heavy atom. The van der Waals surface area contributed by atoms with Gasteiger partial charge in [-0.15, -0.1) is 6.58 Å². The molecule has 0 saturated heterocycles. The molecule has 1 aromatic carbocycles. The smallest absolute Gasteiger partial charge is 0.0137 e. The molecule has 1 aromatic rings. The van der Waals surface area contributed by atoms with E-state index in [1.807, 2.05) is 6.08 Å². The average Bonchev–Trinajstić information content (AvgIpc) is 2.45. The normalized spacial score (nSPS) is 17.7. The molecule has 1 aliphatic carbocycles. The van der Waals surface area contributed by atoms with Crippen molar-refractivity contribution in [1.82, 2.24) is 0 Å². The highest BCUT2D eigenvalue weighted by molar-refractivity contribution is 5.82. The van der Waals surface area contributed by atoms with Crippen LogP contribution in [0.1, 0.15) is 38.7 Å². The fourth-order valence-electron chi connectivity index (χ4n) is 2.39. The summed E-state index contributed by atoms with van der Waals surface area (Å²) >= 11 is 0. The number of benzene rings is 1. The number of unbranched alkanes of at least 4 members (excludes halogenated alkanes) is 1. The Bertz CT molecular complexity index is 539. The summed E-state index contributed by atoms with van der Waals surface area (Å²) in [6.07, 6.45) is 14.5. The van der Waals surface area contributed by atoms with Crippen LogP contribution in [0, 0.1) is 5.41 Å². The number of rotatable bonds is 5. The van der Waals surface area contributed by atoms with E-state index in [2.05, 4.69) is 75.1 Å². The van der Waals surface area contributed by atoms with Crippen LogP contribution >= 0.6 is 0 Å². The van der Waals surface area contributed by atoms with Crippen molar-refractivity contribution >= 4 is 5.57 Å². The summed E-state index contributed by atoms with van der Waals surface area (Å²) in [7, 11) is 0. The molecule has 20 heavy (non-hydrogen) atoms. The molecule has 104 valence electrons. The van der Waals surface area contributed by atoms with Gasteiger partial charge in [-0.2, -0.15) is 0 Å². The van der Waals surface area contributed by atoms with Crippen LogP contribution in [-0.4, -0.2) is 0 Å². The summed E-state index contributed by atoms with van der Waals surface area (Å²) in [4.78, 5) is 0. The molecule has 0 unspecified atom stereocenters. The number of hydrogen-bond donors (Lipinski definition) is 0. The van der Waals surface area contributed by atoms with Crippen LogP contribution in [-0.2, 0) is 0 Å². The molecule has 0 heteroatoms. The summed E-state index contributed by atoms with van der Waals surface area (Å²) < 4.78 is 0. The Hall–Kier alpha value is -1.82. The standard InChI is InChI=1S/C20H24/c1-4-5-7-12-19(17-10-8-6-9-11-17)18-13-15-20(2,3)16-14-18/h4,6,8-15H,1,5,7,16H2,2-3H3. The van der Waals surface area contributed by atoms with E-state index in [-0.39, 0.29) is 5.41 Å². The van der Waals surface area contributed by atoms with Crippen molar-refractivity contribution in [2.75, 3.05) is 0 Å². The fourth-order valence-corrected chi connectivity index (χ4v) is 2.39. The molecule has 2 rings (SSSR count). The van der Waals surface area contributed by atoms with Crippen LogP contribution in [0.4, 0.5) is 0 Å². The third-order valence-electron chi connectivity index (χ3n) is 3.68. The topological polar surface area (TPSA) is 0 Å². The molecule has 0 saturated carbocycles. The van der Waals surface area contributed by atoms with Gasteiger partial charge in [0.15, 0.2) is 0 Å². The molecule has 0 N–H and O–H groups in total. The summed E-state index contributed by atoms with van der Waals surface area (Å²) in [5.41, 5.74) is 4.28. The third kappa shape index (κ3) is 3.84. The maximum atomic E-state index is 3.80. The van der Waals surface area contributed by atoms with Crippen LogP contribution in [0.3, 0.4) is 0 Å². The van der Waals surface area contributed by atoms with Gasteiger partial charge in [-0.25, -0.2) is 0 Å². The van der Waals surface area contributed by atoms with Gasteiger partial charge >= 0.3 is 0 Å². The first-order valence-electron chi connectivity index (χ1n) is 7.39. The van der Waals surface area contributed by atoms with E-state index in [1.165, 1.54) is 16.7 Å². The lowest BCUT2D eigenvalue weighted by atomic mass is 9.81. The molecule has 0 aliphatic heterocycles. The summed E-state index contributed by atoms with van der Waals surface area (Å²) in [6, 6.07) is 10.7. The molecule has 0 spiro atoms. The zero-order chi connectivity index (χ0) is 14.4. The predicted molar refractivity (Wildman–Crippen MR) is 89.5 cm³/mol. The van der Waals surface area contributed by atoms with Crippen LogP contribution in [0.5, 0.6) is 0 Å². The Balaban J connectivity index is 2.29. The highest BCUT2D eigenvalue weighted by Gasteiger charge is 2.17. The Morgan fingerprint density at radius 2 is 1.95 bits per heavy atom. The Morgan fingerprint density at radius 1 is 1.20 bits per heavy atom. The van der Waals surface area contributed by atoms with Gasteiger partial charge in [0, 0.05) is 0 Å². The molecule has 0 atom stereocenters. The lowest BCUT2D eigenvalue weighted by Gasteiger charge is -2.24. The van der Waals surface area contributed by atoms with Crippen LogP contribution in [0.2, 0.25) is 0 Å². The van der Waals surface area contributed by atoms with Crippen LogP contribution in [0.15, 0.2) is 72.9 Å². The van der Waals surface area contributed by atoms with Gasteiger partial charge in [-0.1, -0.05) is 74.6 Å². The maximum Gasteiger partial charge on any atom is -0.0137 e. The molecule has 0 fully saturated rings. The van der Waals surface area contributed by atoms with E-state index in [9.17, 15) is 0 Å². The van der Waals surface area contributed by atoms with Crippen molar-refractivity contribution in [3.63, 3.8) is 0 Å². The van der Waals surface area contributed by atoms with Crippen LogP contribution in [0.25, 0.3) is 5.57 Å². The first-order chi connectivity index (χ1) is 9.62. The second kappa shape index (κ2) is 6.56. The third-order valence-corrected chi connectivity index (χ3v) is 3.68. The van der Waals surface area contributed by atoms with E-state index in [1.54, 1.807) is 0 Å². The summed E-state index contributed by atoms with van der Waals surface area (Å²) in [5.74, 6) is 0.